The van der Waals surface area contributed by atoms with Gasteiger partial charge < -0.3 is 15.0 Å². The van der Waals surface area contributed by atoms with Crippen molar-refractivity contribution < 1.29 is 23.5 Å². The number of ether oxygens (including phenoxy) is 1. The highest BCUT2D eigenvalue weighted by molar-refractivity contribution is 5.91. The molecule has 3 rings (SSSR count). The van der Waals surface area contributed by atoms with Gasteiger partial charge in [0.15, 0.2) is 0 Å². The number of anilines is 2. The van der Waals surface area contributed by atoms with Crippen LogP contribution in [-0.2, 0) is 14.3 Å². The Labute approximate surface area is 155 Å². The summed E-state index contributed by atoms with van der Waals surface area (Å²) in [6.45, 7) is 3.98. The summed E-state index contributed by atoms with van der Waals surface area (Å²) in [6.07, 6.45) is 0.321. The second-order valence-corrected chi connectivity index (χ2v) is 6.26. The molecule has 3 amide bonds. The zero-order chi connectivity index (χ0) is 19.6. The highest BCUT2D eigenvalue weighted by Crippen LogP contribution is 2.28. The van der Waals surface area contributed by atoms with Gasteiger partial charge in [-0.05, 0) is 18.2 Å². The van der Waals surface area contributed by atoms with E-state index in [-0.39, 0.29) is 24.9 Å². The third kappa shape index (κ3) is 4.15. The van der Waals surface area contributed by atoms with Crippen molar-refractivity contribution in [3.63, 3.8) is 0 Å². The van der Waals surface area contributed by atoms with Crippen molar-refractivity contribution in [2.24, 2.45) is 5.10 Å². The first-order valence-electron chi connectivity index (χ1n) is 8.46. The van der Waals surface area contributed by atoms with Crippen LogP contribution in [0.25, 0.3) is 0 Å². The minimum Gasteiger partial charge on any atom is -0.442 e. The van der Waals surface area contributed by atoms with Crippen LogP contribution in [0.15, 0.2) is 23.3 Å². The molecule has 0 radical (unpaired) electrons. The Morgan fingerprint density at radius 1 is 1.33 bits per heavy atom. The van der Waals surface area contributed by atoms with E-state index in [1.807, 2.05) is 0 Å². The normalized spacial score (nSPS) is 19.3. The van der Waals surface area contributed by atoms with E-state index in [4.69, 9.17) is 4.74 Å². The van der Waals surface area contributed by atoms with Crippen LogP contribution in [0.1, 0.15) is 13.8 Å². The zero-order valence-corrected chi connectivity index (χ0v) is 15.0. The summed E-state index contributed by atoms with van der Waals surface area (Å²) in [4.78, 5) is 37.2. The third-order valence-corrected chi connectivity index (χ3v) is 4.25. The van der Waals surface area contributed by atoms with Crippen molar-refractivity contribution in [1.82, 2.24) is 10.3 Å². The number of hydrogen-bond donors (Lipinski definition) is 1. The Bertz CT molecular complexity index is 800. The predicted octanol–water partition coefficient (Wildman–Crippen LogP) is 0.899. The number of rotatable bonds is 4. The van der Waals surface area contributed by atoms with Crippen molar-refractivity contribution in [3.05, 3.63) is 24.0 Å². The molecule has 1 fully saturated rings. The van der Waals surface area contributed by atoms with E-state index in [0.29, 0.717) is 24.5 Å². The molecular formula is C17H20FN5O4. The van der Waals surface area contributed by atoms with Gasteiger partial charge in [0, 0.05) is 20.4 Å². The van der Waals surface area contributed by atoms with Crippen molar-refractivity contribution in [2.45, 2.75) is 20.0 Å². The molecule has 0 aliphatic carbocycles. The predicted molar refractivity (Wildman–Crippen MR) is 95.9 cm³/mol. The lowest BCUT2D eigenvalue weighted by molar-refractivity contribution is -0.128. The molecule has 0 aromatic heterocycles. The van der Waals surface area contributed by atoms with E-state index in [1.165, 1.54) is 36.2 Å². The van der Waals surface area contributed by atoms with Gasteiger partial charge >= 0.3 is 6.09 Å². The number of benzene rings is 1. The zero-order valence-electron chi connectivity index (χ0n) is 15.0. The molecule has 27 heavy (non-hydrogen) atoms. The molecule has 1 N–H and O–H groups in total. The Kier molecular flexibility index (Phi) is 5.24. The minimum atomic E-state index is -0.589. The first kappa shape index (κ1) is 18.6. The van der Waals surface area contributed by atoms with Gasteiger partial charge in [-0.2, -0.15) is 5.10 Å². The third-order valence-electron chi connectivity index (χ3n) is 4.25. The number of amides is 3. The smallest absolute Gasteiger partial charge is 0.414 e. The van der Waals surface area contributed by atoms with Crippen LogP contribution in [0, 0.1) is 5.82 Å². The fourth-order valence-electron chi connectivity index (χ4n) is 2.86. The number of nitrogens with one attached hydrogen (secondary N) is 1. The fraction of sp³-hybridized carbons (Fsp3) is 0.412. The second kappa shape index (κ2) is 7.60. The molecule has 144 valence electrons. The molecule has 9 nitrogen and oxygen atoms in total. The second-order valence-electron chi connectivity index (χ2n) is 6.26. The van der Waals surface area contributed by atoms with Crippen molar-refractivity contribution in [1.29, 1.82) is 0 Å². The Hall–Kier alpha value is -3.17. The molecule has 1 unspecified atom stereocenters. The minimum absolute atomic E-state index is 0.178. The van der Waals surface area contributed by atoms with Gasteiger partial charge in [-0.15, -0.1) is 0 Å². The number of carbonyl (C=O) groups excluding carboxylic acids is 3. The van der Waals surface area contributed by atoms with Gasteiger partial charge in [-0.25, -0.2) is 14.2 Å². The molecule has 1 aromatic carbocycles. The summed E-state index contributed by atoms with van der Waals surface area (Å²) in [6, 6.07) is 4.42. The average molecular weight is 377 g/mol. The molecular weight excluding hydrogens is 357 g/mol. The van der Waals surface area contributed by atoms with Crippen LogP contribution in [0.2, 0.25) is 0 Å². The lowest BCUT2D eigenvalue weighted by Gasteiger charge is -2.28. The van der Waals surface area contributed by atoms with E-state index in [9.17, 15) is 18.8 Å². The topological polar surface area (TPSA) is 94.5 Å². The Balaban J connectivity index is 1.70. The summed E-state index contributed by atoms with van der Waals surface area (Å²) in [5.74, 6) is -0.914. The van der Waals surface area contributed by atoms with Crippen LogP contribution in [0.5, 0.6) is 0 Å². The van der Waals surface area contributed by atoms with E-state index < -0.39 is 18.0 Å². The molecule has 0 spiro atoms. The molecule has 10 heteroatoms. The lowest BCUT2D eigenvalue weighted by Crippen LogP contribution is -2.40. The highest BCUT2D eigenvalue weighted by Gasteiger charge is 2.33. The molecule has 0 saturated carbocycles. The van der Waals surface area contributed by atoms with E-state index in [2.05, 4.69) is 10.4 Å². The average Bonchev–Trinajstić information content (AvgIpc) is 3.01. The maximum absolute atomic E-state index is 14.6. The summed E-state index contributed by atoms with van der Waals surface area (Å²) in [5.41, 5.74) is 0.666. The Morgan fingerprint density at radius 3 is 2.70 bits per heavy atom. The van der Waals surface area contributed by atoms with Crippen LogP contribution >= 0.6 is 0 Å². The van der Waals surface area contributed by atoms with Crippen molar-refractivity contribution in [3.8, 4) is 0 Å². The first-order chi connectivity index (χ1) is 12.8. The maximum atomic E-state index is 14.6. The molecule has 2 heterocycles. The van der Waals surface area contributed by atoms with Crippen LogP contribution in [0.4, 0.5) is 20.6 Å². The fourth-order valence-corrected chi connectivity index (χ4v) is 2.86. The standard InChI is InChI=1S/C17H20FN5O4/c1-11(24)19-8-14-9-22(17(26)27-14)13-3-4-16(15(18)7-13)21-5-6-23(12(2)25)20-10-21/h3-4,7,10,14H,5-6,8-9H2,1-2H3,(H,19,24). The summed E-state index contributed by atoms with van der Waals surface area (Å²) in [7, 11) is 0. The summed E-state index contributed by atoms with van der Waals surface area (Å²) >= 11 is 0. The number of hydrogen-bond acceptors (Lipinski definition) is 6. The van der Waals surface area contributed by atoms with Crippen LogP contribution in [0.3, 0.4) is 0 Å². The van der Waals surface area contributed by atoms with Crippen LogP contribution < -0.4 is 15.1 Å². The first-order valence-corrected chi connectivity index (χ1v) is 8.46. The maximum Gasteiger partial charge on any atom is 0.414 e. The number of cyclic esters (lactones) is 1. The number of carbonyl (C=O) groups is 3. The van der Waals surface area contributed by atoms with Gasteiger partial charge in [0.1, 0.15) is 18.3 Å². The van der Waals surface area contributed by atoms with Gasteiger partial charge in [0.25, 0.3) is 0 Å². The van der Waals surface area contributed by atoms with E-state index in [1.54, 1.807) is 17.0 Å². The lowest BCUT2D eigenvalue weighted by atomic mass is 10.2. The molecule has 1 aromatic rings. The van der Waals surface area contributed by atoms with Crippen molar-refractivity contribution >= 4 is 35.6 Å². The van der Waals surface area contributed by atoms with Gasteiger partial charge in [0.05, 0.1) is 31.0 Å². The number of halogens is 1. The van der Waals surface area contributed by atoms with E-state index >= 15 is 0 Å². The highest BCUT2D eigenvalue weighted by atomic mass is 19.1. The molecule has 2 aliphatic rings. The molecule has 2 aliphatic heterocycles. The SMILES string of the molecule is CC(=O)NCC1CN(c2ccc(N3C=NN(C(C)=O)CC3)c(F)c2)C(=O)O1. The number of hydrazone groups is 1. The monoisotopic (exact) mass is 377 g/mol. The summed E-state index contributed by atoms with van der Waals surface area (Å²) < 4.78 is 19.8. The Morgan fingerprint density at radius 2 is 2.11 bits per heavy atom. The number of nitrogens with zero attached hydrogens (tertiary/aromatic N) is 4. The van der Waals surface area contributed by atoms with Gasteiger partial charge in [-0.1, -0.05) is 0 Å². The quantitative estimate of drug-likeness (QED) is 0.841. The largest absolute Gasteiger partial charge is 0.442 e. The van der Waals surface area contributed by atoms with Crippen molar-refractivity contribution in [2.75, 3.05) is 36.0 Å². The molecule has 0 bridgehead atoms. The van der Waals surface area contributed by atoms with Gasteiger partial charge in [-0.3, -0.25) is 14.5 Å². The molecule has 1 atom stereocenters. The van der Waals surface area contributed by atoms with Gasteiger partial charge in [0.2, 0.25) is 11.8 Å². The molecule has 1 saturated heterocycles. The summed E-state index contributed by atoms with van der Waals surface area (Å²) in [5, 5.41) is 7.88. The van der Waals surface area contributed by atoms with E-state index in [0.717, 1.165) is 0 Å². The van der Waals surface area contributed by atoms with Crippen LogP contribution in [-0.4, -0.2) is 61.5 Å².